The quantitative estimate of drug-likeness (QED) is 0.164. The average Bonchev–Trinajstić information content (AvgIpc) is 3.14. The molecule has 3 unspecified atom stereocenters. The van der Waals surface area contributed by atoms with Gasteiger partial charge in [0.2, 0.25) is 5.91 Å². The number of nitrogens with zero attached hydrogens (tertiary/aromatic N) is 6. The van der Waals surface area contributed by atoms with E-state index < -0.39 is 24.2 Å². The molecule has 0 N–H and O–H groups in total. The number of pyridine rings is 3. The maximum atomic E-state index is 14.9. The third kappa shape index (κ3) is 6.06. The summed E-state index contributed by atoms with van der Waals surface area (Å²) in [7, 11) is 2.04. The minimum Gasteiger partial charge on any atom is -0.340 e. The number of halogens is 3. The largest absolute Gasteiger partial charge is 0.393 e. The first-order valence-corrected chi connectivity index (χ1v) is 17.4. The smallest absolute Gasteiger partial charge is 0.340 e. The summed E-state index contributed by atoms with van der Waals surface area (Å²) in [4.78, 5) is 42.1. The Morgan fingerprint density at radius 2 is 1.56 bits per heavy atom. The molecule has 8 nitrogen and oxygen atoms in total. The van der Waals surface area contributed by atoms with E-state index in [-0.39, 0.29) is 23.8 Å². The lowest BCUT2D eigenvalue weighted by Gasteiger charge is -2.44. The van der Waals surface area contributed by atoms with Crippen molar-refractivity contribution in [2.24, 2.45) is 11.8 Å². The molecule has 258 valence electrons. The summed E-state index contributed by atoms with van der Waals surface area (Å²) in [5.74, 6) is -1.70. The number of para-hydroxylation sites is 1. The number of hydrogen-bond acceptors (Lipinski definition) is 6. The van der Waals surface area contributed by atoms with Gasteiger partial charge in [0, 0.05) is 78.3 Å². The number of likely N-dealkylation sites (tertiary alicyclic amines) is 1. The molecule has 5 heterocycles. The number of benzene rings is 2. The van der Waals surface area contributed by atoms with Crippen LogP contribution in [0.15, 0.2) is 90.0 Å². The van der Waals surface area contributed by atoms with Gasteiger partial charge in [-0.2, -0.15) is 13.2 Å². The van der Waals surface area contributed by atoms with Gasteiger partial charge in [0.1, 0.15) is 0 Å². The second-order valence-electron chi connectivity index (χ2n) is 14.0. The SMILES string of the molecule is CN1CCN(C(=O)C2CCN(C3C=CC(n4c(=O)ccc5cnc6ccc(-c7cnc8ccccc8c7)cc6c54)CC3C(F)(F)F)CC2)CC1. The third-order valence-electron chi connectivity index (χ3n) is 11.0. The van der Waals surface area contributed by atoms with E-state index in [1.54, 1.807) is 30.6 Å². The van der Waals surface area contributed by atoms with E-state index in [0.29, 0.717) is 60.8 Å². The maximum Gasteiger partial charge on any atom is 0.393 e. The van der Waals surface area contributed by atoms with Gasteiger partial charge in [-0.1, -0.05) is 36.4 Å². The van der Waals surface area contributed by atoms with Crippen LogP contribution in [-0.4, -0.2) is 93.7 Å². The summed E-state index contributed by atoms with van der Waals surface area (Å²) < 4.78 is 46.2. The van der Waals surface area contributed by atoms with Crippen molar-refractivity contribution in [1.82, 2.24) is 29.2 Å². The molecule has 0 bridgehead atoms. The van der Waals surface area contributed by atoms with Crippen LogP contribution in [-0.2, 0) is 4.79 Å². The number of piperazine rings is 1. The van der Waals surface area contributed by atoms with E-state index in [4.69, 9.17) is 0 Å². The molecule has 8 rings (SSSR count). The Kier molecular flexibility index (Phi) is 8.43. The lowest BCUT2D eigenvalue weighted by molar-refractivity contribution is -0.193. The van der Waals surface area contributed by atoms with Crippen LogP contribution in [0.4, 0.5) is 13.2 Å². The summed E-state index contributed by atoms with van der Waals surface area (Å²) in [6.07, 6.45) is 3.25. The zero-order valence-corrected chi connectivity index (χ0v) is 27.9. The highest BCUT2D eigenvalue weighted by Crippen LogP contribution is 2.43. The number of carbonyl (C=O) groups excluding carboxylic acids is 1. The number of alkyl halides is 3. The van der Waals surface area contributed by atoms with E-state index in [1.165, 1.54) is 10.6 Å². The van der Waals surface area contributed by atoms with Crippen molar-refractivity contribution in [3.8, 4) is 11.1 Å². The molecule has 2 aromatic carbocycles. The van der Waals surface area contributed by atoms with Gasteiger partial charge in [-0.15, -0.1) is 0 Å². The summed E-state index contributed by atoms with van der Waals surface area (Å²) in [5, 5.41) is 2.36. The number of amides is 1. The van der Waals surface area contributed by atoms with Crippen LogP contribution < -0.4 is 5.56 Å². The summed E-state index contributed by atoms with van der Waals surface area (Å²) in [6.45, 7) is 3.90. The number of allylic oxidation sites excluding steroid dienone is 1. The summed E-state index contributed by atoms with van der Waals surface area (Å²) >= 11 is 0. The van der Waals surface area contributed by atoms with Crippen LogP contribution in [0.1, 0.15) is 25.3 Å². The number of fused-ring (bicyclic) bond motifs is 4. The van der Waals surface area contributed by atoms with Gasteiger partial charge in [-0.3, -0.25) is 24.5 Å². The highest BCUT2D eigenvalue weighted by Gasteiger charge is 2.49. The van der Waals surface area contributed by atoms with Gasteiger partial charge in [-0.05, 0) is 75.3 Å². The molecule has 5 aromatic rings. The van der Waals surface area contributed by atoms with Crippen molar-refractivity contribution in [3.63, 3.8) is 0 Å². The molecule has 3 aliphatic rings. The first-order valence-electron chi connectivity index (χ1n) is 17.4. The van der Waals surface area contributed by atoms with Crippen LogP contribution in [0.25, 0.3) is 43.8 Å². The molecule has 0 spiro atoms. The van der Waals surface area contributed by atoms with Gasteiger partial charge in [0.15, 0.2) is 0 Å². The second-order valence-corrected chi connectivity index (χ2v) is 14.0. The molecule has 1 amide bonds. The van der Waals surface area contributed by atoms with Crippen molar-refractivity contribution in [3.05, 3.63) is 95.6 Å². The molecule has 1 aliphatic carbocycles. The molecule has 2 fully saturated rings. The minimum atomic E-state index is -4.48. The standard InChI is InChI=1S/C39H39F3N6O2/c1-45-16-18-47(19-17-45)38(50)25-12-14-46(15-13-25)35-10-8-30(22-32(35)39(40,41)42)48-36(49)11-7-28-23-44-34-9-6-26(21-31(34)37(28)48)29-20-27-4-2-3-5-33(27)43-24-29/h2-11,20-21,23-25,30,32,35H,12-19,22H2,1H3. The van der Waals surface area contributed by atoms with Crippen LogP contribution in [0.2, 0.25) is 0 Å². The lowest BCUT2D eigenvalue weighted by Crippen LogP contribution is -2.53. The van der Waals surface area contributed by atoms with Gasteiger partial charge >= 0.3 is 6.18 Å². The molecule has 3 aromatic heterocycles. The Morgan fingerprint density at radius 3 is 2.34 bits per heavy atom. The predicted molar refractivity (Wildman–Crippen MR) is 189 cm³/mol. The Balaban J connectivity index is 1.11. The monoisotopic (exact) mass is 680 g/mol. The Bertz CT molecular complexity index is 2170. The topological polar surface area (TPSA) is 74.6 Å². The summed E-state index contributed by atoms with van der Waals surface area (Å²) in [5.41, 5.74) is 3.49. The Morgan fingerprint density at radius 1 is 0.800 bits per heavy atom. The second kappa shape index (κ2) is 12.9. The van der Waals surface area contributed by atoms with Crippen LogP contribution in [0, 0.1) is 11.8 Å². The molecule has 11 heteroatoms. The molecule has 3 atom stereocenters. The van der Waals surface area contributed by atoms with Crippen LogP contribution >= 0.6 is 0 Å². The zero-order valence-electron chi connectivity index (χ0n) is 27.9. The highest BCUT2D eigenvalue weighted by molar-refractivity contribution is 6.05. The number of hydrogen-bond donors (Lipinski definition) is 0. The van der Waals surface area contributed by atoms with Gasteiger partial charge in [-0.25, -0.2) is 0 Å². The maximum absolute atomic E-state index is 14.9. The molecule has 0 radical (unpaired) electrons. The molecule has 50 heavy (non-hydrogen) atoms. The average molecular weight is 681 g/mol. The lowest BCUT2D eigenvalue weighted by atomic mass is 9.83. The molecule has 2 saturated heterocycles. The number of likely N-dealkylation sites (N-methyl/N-ethyl adjacent to an activating group) is 1. The fourth-order valence-corrected chi connectivity index (χ4v) is 8.15. The number of rotatable bonds is 4. The van der Waals surface area contributed by atoms with Crippen LogP contribution in [0.3, 0.4) is 0 Å². The van der Waals surface area contributed by atoms with Crippen molar-refractivity contribution >= 4 is 38.6 Å². The van der Waals surface area contributed by atoms with Crippen molar-refractivity contribution in [2.45, 2.75) is 37.5 Å². The first-order chi connectivity index (χ1) is 24.1. The summed E-state index contributed by atoms with van der Waals surface area (Å²) in [6, 6.07) is 17.1. The highest BCUT2D eigenvalue weighted by atomic mass is 19.4. The predicted octanol–water partition coefficient (Wildman–Crippen LogP) is 6.30. The van der Waals surface area contributed by atoms with E-state index >= 15 is 0 Å². The minimum absolute atomic E-state index is 0.126. The fourth-order valence-electron chi connectivity index (χ4n) is 8.15. The molecule has 2 aliphatic heterocycles. The number of carbonyl (C=O) groups is 1. The molecular weight excluding hydrogens is 641 g/mol. The van der Waals surface area contributed by atoms with E-state index in [0.717, 1.165) is 35.1 Å². The van der Waals surface area contributed by atoms with Gasteiger partial charge < -0.3 is 14.4 Å². The first kappa shape index (κ1) is 32.6. The normalized spacial score (nSPS) is 22.9. The molecule has 0 saturated carbocycles. The zero-order chi connectivity index (χ0) is 34.6. The van der Waals surface area contributed by atoms with Crippen molar-refractivity contribution in [1.29, 1.82) is 0 Å². The van der Waals surface area contributed by atoms with Gasteiger partial charge in [0.05, 0.1) is 28.5 Å². The third-order valence-corrected chi connectivity index (χ3v) is 11.0. The number of piperidine rings is 1. The van der Waals surface area contributed by atoms with E-state index in [2.05, 4.69) is 20.9 Å². The van der Waals surface area contributed by atoms with Gasteiger partial charge in [0.25, 0.3) is 5.56 Å². The number of aromatic nitrogens is 3. The fraction of sp³-hybridized carbons (Fsp3) is 0.385. The van der Waals surface area contributed by atoms with E-state index in [1.807, 2.05) is 59.3 Å². The molecular formula is C39H39F3N6O2. The van der Waals surface area contributed by atoms with E-state index in [9.17, 15) is 22.8 Å². The van der Waals surface area contributed by atoms with Crippen LogP contribution in [0.5, 0.6) is 0 Å². The Hall–Kier alpha value is -4.61. The Labute approximate surface area is 287 Å². The van der Waals surface area contributed by atoms with Crippen molar-refractivity contribution < 1.29 is 18.0 Å². The van der Waals surface area contributed by atoms with Crippen molar-refractivity contribution in [2.75, 3.05) is 46.3 Å².